The summed E-state index contributed by atoms with van der Waals surface area (Å²) in [6, 6.07) is 3.67. The number of carbonyl (C=O) groups is 1. The van der Waals surface area contributed by atoms with E-state index in [0.717, 1.165) is 3.70 Å². The number of anilines is 2. The maximum Gasteiger partial charge on any atom is 0.267 e. The number of hydrogen-bond acceptors (Lipinski definition) is 6. The molecule has 3 rings (SSSR count). The Bertz CT molecular complexity index is 661. The minimum absolute atomic E-state index is 0.116. The molecule has 1 aliphatic heterocycles. The lowest BCUT2D eigenvalue weighted by Crippen LogP contribution is -2.32. The van der Waals surface area contributed by atoms with Gasteiger partial charge in [0.05, 0.1) is 18.4 Å². The molecule has 0 aromatic carbocycles. The molecule has 2 aromatic heterocycles. The van der Waals surface area contributed by atoms with E-state index in [4.69, 9.17) is 10.5 Å². The first-order chi connectivity index (χ1) is 9.66. The zero-order valence-corrected chi connectivity index (χ0v) is 12.4. The fraction of sp³-hybridized carbons (Fsp3) is 0.167. The molecule has 0 aliphatic carbocycles. The molecular weight excluding hydrogens is 373 g/mol. The van der Waals surface area contributed by atoms with Crippen LogP contribution in [-0.4, -0.2) is 34.0 Å². The Morgan fingerprint density at radius 1 is 1.30 bits per heavy atom. The van der Waals surface area contributed by atoms with Crippen LogP contribution in [0.15, 0.2) is 24.7 Å². The van der Waals surface area contributed by atoms with Crippen molar-refractivity contribution in [3.8, 4) is 5.88 Å². The largest absolute Gasteiger partial charge is 0.475 e. The van der Waals surface area contributed by atoms with Crippen LogP contribution in [0, 0.1) is 3.70 Å². The van der Waals surface area contributed by atoms with Crippen molar-refractivity contribution < 1.29 is 9.53 Å². The number of pyridine rings is 1. The monoisotopic (exact) mass is 383 g/mol. The van der Waals surface area contributed by atoms with Crippen LogP contribution in [-0.2, 0) is 0 Å². The summed E-state index contributed by atoms with van der Waals surface area (Å²) in [5.41, 5.74) is 6.66. The van der Waals surface area contributed by atoms with Crippen molar-refractivity contribution in [2.75, 3.05) is 23.8 Å². The van der Waals surface area contributed by atoms with Gasteiger partial charge in [0.25, 0.3) is 5.91 Å². The van der Waals surface area contributed by atoms with Gasteiger partial charge in [-0.1, -0.05) is 0 Å². The van der Waals surface area contributed by atoms with E-state index in [1.807, 2.05) is 12.1 Å². The molecule has 102 valence electrons. The number of nitrogens with zero attached hydrogens (tertiary/aromatic N) is 4. The van der Waals surface area contributed by atoms with Gasteiger partial charge < -0.3 is 15.4 Å². The Balaban J connectivity index is 2.04. The summed E-state index contributed by atoms with van der Waals surface area (Å²) in [6.07, 6.45) is 2.92. The van der Waals surface area contributed by atoms with Gasteiger partial charge in [0.1, 0.15) is 28.0 Å². The van der Waals surface area contributed by atoms with E-state index in [1.165, 1.54) is 6.33 Å². The van der Waals surface area contributed by atoms with Gasteiger partial charge in [0, 0.05) is 0 Å². The van der Waals surface area contributed by atoms with Crippen LogP contribution >= 0.6 is 22.6 Å². The smallest absolute Gasteiger partial charge is 0.267 e. The van der Waals surface area contributed by atoms with Crippen molar-refractivity contribution >= 4 is 40.0 Å². The van der Waals surface area contributed by atoms with E-state index in [9.17, 15) is 4.79 Å². The number of nitrogens with two attached hydrogens (primary N) is 1. The SMILES string of the molecule is Nc1ncnc2c1C(=O)N(c1ccc(I)nc1)CCO2. The van der Waals surface area contributed by atoms with Crippen molar-refractivity contribution in [3.63, 3.8) is 0 Å². The van der Waals surface area contributed by atoms with E-state index in [2.05, 4.69) is 37.5 Å². The van der Waals surface area contributed by atoms with Crippen LogP contribution in [0.5, 0.6) is 5.88 Å². The predicted octanol–water partition coefficient (Wildman–Crippen LogP) is 1.10. The zero-order valence-electron chi connectivity index (χ0n) is 10.3. The average molecular weight is 383 g/mol. The highest BCUT2D eigenvalue weighted by atomic mass is 127. The zero-order chi connectivity index (χ0) is 14.1. The Kier molecular flexibility index (Phi) is 3.38. The number of carbonyl (C=O) groups excluding carboxylic acids is 1. The summed E-state index contributed by atoms with van der Waals surface area (Å²) >= 11 is 2.11. The topological polar surface area (TPSA) is 94.2 Å². The third kappa shape index (κ3) is 2.26. The highest BCUT2D eigenvalue weighted by molar-refractivity contribution is 14.1. The second kappa shape index (κ2) is 5.19. The molecule has 2 aromatic rings. The minimum Gasteiger partial charge on any atom is -0.475 e. The molecule has 1 amide bonds. The summed E-state index contributed by atoms with van der Waals surface area (Å²) < 4.78 is 6.31. The molecular formula is C12H10IN5O2. The van der Waals surface area contributed by atoms with E-state index in [1.54, 1.807) is 11.1 Å². The number of hydrogen-bond donors (Lipinski definition) is 1. The van der Waals surface area contributed by atoms with Crippen LogP contribution in [0.3, 0.4) is 0 Å². The third-order valence-corrected chi connectivity index (χ3v) is 3.52. The summed E-state index contributed by atoms with van der Waals surface area (Å²) in [7, 11) is 0. The first kappa shape index (κ1) is 13.0. The van der Waals surface area contributed by atoms with E-state index in [0.29, 0.717) is 18.8 Å². The van der Waals surface area contributed by atoms with Gasteiger partial charge in [-0.05, 0) is 34.7 Å². The standard InChI is InChI=1S/C12H10IN5O2/c13-8-2-1-7(5-15-8)18-3-4-20-11-9(12(18)19)10(14)16-6-17-11/h1-2,5-6H,3-4H2,(H2,14,16,17). The summed E-state index contributed by atoms with van der Waals surface area (Å²) in [5, 5.41) is 0. The highest BCUT2D eigenvalue weighted by Crippen LogP contribution is 2.27. The molecule has 7 nitrogen and oxygen atoms in total. The molecule has 0 atom stereocenters. The predicted molar refractivity (Wildman–Crippen MR) is 80.6 cm³/mol. The van der Waals surface area contributed by atoms with Crippen LogP contribution in [0.1, 0.15) is 10.4 Å². The van der Waals surface area contributed by atoms with Gasteiger partial charge in [-0.2, -0.15) is 0 Å². The van der Waals surface area contributed by atoms with Gasteiger partial charge in [-0.15, -0.1) is 0 Å². The van der Waals surface area contributed by atoms with Gasteiger partial charge in [-0.3, -0.25) is 4.79 Å². The maximum atomic E-state index is 12.6. The lowest BCUT2D eigenvalue weighted by Gasteiger charge is -2.19. The number of ether oxygens (including phenoxy) is 1. The van der Waals surface area contributed by atoms with Crippen molar-refractivity contribution in [3.05, 3.63) is 33.9 Å². The van der Waals surface area contributed by atoms with Crippen molar-refractivity contribution in [2.45, 2.75) is 0 Å². The first-order valence-electron chi connectivity index (χ1n) is 5.83. The molecule has 2 N–H and O–H groups in total. The summed E-state index contributed by atoms with van der Waals surface area (Å²) in [6.45, 7) is 0.734. The number of aromatic nitrogens is 3. The molecule has 0 bridgehead atoms. The average Bonchev–Trinajstić information content (AvgIpc) is 2.60. The Morgan fingerprint density at radius 2 is 2.15 bits per heavy atom. The number of halogens is 1. The van der Waals surface area contributed by atoms with Gasteiger partial charge in [0.15, 0.2) is 0 Å². The van der Waals surface area contributed by atoms with Crippen LogP contribution in [0.2, 0.25) is 0 Å². The minimum atomic E-state index is -0.279. The molecule has 0 fully saturated rings. The number of rotatable bonds is 1. The highest BCUT2D eigenvalue weighted by Gasteiger charge is 2.28. The molecule has 0 saturated heterocycles. The lowest BCUT2D eigenvalue weighted by molar-refractivity contribution is 0.0990. The van der Waals surface area contributed by atoms with Crippen LogP contribution < -0.4 is 15.4 Å². The van der Waals surface area contributed by atoms with E-state index >= 15 is 0 Å². The Labute approximate surface area is 128 Å². The normalized spacial score (nSPS) is 14.4. The molecule has 0 saturated carbocycles. The second-order valence-corrected chi connectivity index (χ2v) is 5.19. The third-order valence-electron chi connectivity index (χ3n) is 2.88. The van der Waals surface area contributed by atoms with Gasteiger partial charge >= 0.3 is 0 Å². The fourth-order valence-corrected chi connectivity index (χ4v) is 2.26. The Hall–Kier alpha value is -1.97. The lowest BCUT2D eigenvalue weighted by atomic mass is 10.2. The fourth-order valence-electron chi connectivity index (χ4n) is 1.94. The Morgan fingerprint density at radius 3 is 2.90 bits per heavy atom. The molecule has 0 unspecified atom stereocenters. The molecule has 8 heteroatoms. The quantitative estimate of drug-likeness (QED) is 0.586. The van der Waals surface area contributed by atoms with Gasteiger partial charge in [0.2, 0.25) is 5.88 Å². The number of nitrogen functional groups attached to an aromatic ring is 1. The maximum absolute atomic E-state index is 12.6. The van der Waals surface area contributed by atoms with E-state index in [-0.39, 0.29) is 23.2 Å². The van der Waals surface area contributed by atoms with E-state index < -0.39 is 0 Å². The second-order valence-electron chi connectivity index (χ2n) is 4.08. The summed E-state index contributed by atoms with van der Waals surface area (Å²) in [5.74, 6) is 0.0625. The van der Waals surface area contributed by atoms with Crippen molar-refractivity contribution in [1.29, 1.82) is 0 Å². The van der Waals surface area contributed by atoms with Crippen LogP contribution in [0.25, 0.3) is 0 Å². The molecule has 1 aliphatic rings. The molecule has 20 heavy (non-hydrogen) atoms. The first-order valence-corrected chi connectivity index (χ1v) is 6.91. The number of amides is 1. The molecule has 0 radical (unpaired) electrons. The number of fused-ring (bicyclic) bond motifs is 1. The molecule has 0 spiro atoms. The van der Waals surface area contributed by atoms with Crippen LogP contribution in [0.4, 0.5) is 11.5 Å². The molecule has 3 heterocycles. The van der Waals surface area contributed by atoms with Crippen molar-refractivity contribution in [1.82, 2.24) is 15.0 Å². The van der Waals surface area contributed by atoms with Gasteiger partial charge in [-0.25, -0.2) is 15.0 Å². The summed E-state index contributed by atoms with van der Waals surface area (Å²) in [4.78, 5) is 26.2. The van der Waals surface area contributed by atoms with Crippen molar-refractivity contribution in [2.24, 2.45) is 0 Å².